The first-order chi connectivity index (χ1) is 3.46. The maximum absolute atomic E-state index is 8.25. The van der Waals surface area contributed by atoms with Gasteiger partial charge in [-0.15, -0.1) is 0 Å². The van der Waals surface area contributed by atoms with E-state index < -0.39 is 5.09 Å². The molecule has 6 heteroatoms. The van der Waals surface area contributed by atoms with Gasteiger partial charge in [0.25, 0.3) is 0 Å². The van der Waals surface area contributed by atoms with Crippen LogP contribution < -0.4 is 0 Å². The predicted octanol–water partition coefficient (Wildman–Crippen LogP) is 0.145. The standard InChI is InChI=1S/C3H8O.Ag.NO3/c1-3(2)4;;2-1(3)4/h3-4H,1-2H3;;/q;+1;-1. The largest absolute Gasteiger partial charge is 1.00 e. The van der Waals surface area contributed by atoms with E-state index in [1.54, 1.807) is 13.8 Å². The molecule has 0 heterocycles. The molecule has 9 heavy (non-hydrogen) atoms. The minimum Gasteiger partial charge on any atom is -0.394 e. The van der Waals surface area contributed by atoms with Gasteiger partial charge in [0.15, 0.2) is 0 Å². The van der Waals surface area contributed by atoms with Crippen molar-refractivity contribution in [3.63, 3.8) is 0 Å². The molecule has 0 radical (unpaired) electrons. The summed E-state index contributed by atoms with van der Waals surface area (Å²) in [6.07, 6.45) is -0.167. The molecule has 60 valence electrons. The van der Waals surface area contributed by atoms with E-state index in [0.29, 0.717) is 0 Å². The molecule has 0 aromatic rings. The van der Waals surface area contributed by atoms with Crippen molar-refractivity contribution in [1.82, 2.24) is 0 Å². The van der Waals surface area contributed by atoms with E-state index in [1.165, 1.54) is 0 Å². The zero-order chi connectivity index (χ0) is 7.15. The van der Waals surface area contributed by atoms with Crippen LogP contribution in [0.1, 0.15) is 13.8 Å². The van der Waals surface area contributed by atoms with Crippen molar-refractivity contribution in [3.8, 4) is 0 Å². The molecule has 0 aromatic heterocycles. The maximum atomic E-state index is 8.25. The molecule has 0 saturated heterocycles. The van der Waals surface area contributed by atoms with E-state index in [-0.39, 0.29) is 28.5 Å². The average Bonchev–Trinajstić information content (AvgIpc) is 1.25. The van der Waals surface area contributed by atoms with Gasteiger partial charge < -0.3 is 20.4 Å². The normalized spacial score (nSPS) is 6.67. The van der Waals surface area contributed by atoms with Crippen LogP contribution in [0.25, 0.3) is 0 Å². The fourth-order valence-corrected chi connectivity index (χ4v) is 0. The minimum atomic E-state index is -1.75. The van der Waals surface area contributed by atoms with E-state index in [4.69, 9.17) is 20.4 Å². The topological polar surface area (TPSA) is 86.4 Å². The first-order valence-corrected chi connectivity index (χ1v) is 1.96. The monoisotopic (exact) mass is 229 g/mol. The van der Waals surface area contributed by atoms with Crippen molar-refractivity contribution in [1.29, 1.82) is 0 Å². The van der Waals surface area contributed by atoms with Crippen LogP contribution in [-0.4, -0.2) is 16.3 Å². The van der Waals surface area contributed by atoms with Gasteiger partial charge in [-0.25, -0.2) is 0 Å². The Hall–Kier alpha value is -0.0997. The number of hydrogen-bond acceptors (Lipinski definition) is 4. The maximum Gasteiger partial charge on any atom is 1.00 e. The molecule has 0 aliphatic carbocycles. The number of hydrogen-bond donors (Lipinski definition) is 1. The van der Waals surface area contributed by atoms with Gasteiger partial charge in [-0.1, -0.05) is 0 Å². The summed E-state index contributed by atoms with van der Waals surface area (Å²) in [7, 11) is 0. The third-order valence-corrected chi connectivity index (χ3v) is 0. The van der Waals surface area contributed by atoms with Crippen molar-refractivity contribution in [2.75, 3.05) is 0 Å². The van der Waals surface area contributed by atoms with Crippen molar-refractivity contribution in [3.05, 3.63) is 15.3 Å². The average molecular weight is 230 g/mol. The van der Waals surface area contributed by atoms with Crippen LogP contribution in [0.2, 0.25) is 0 Å². The molecular formula is C3H8AgNO4. The molecule has 0 atom stereocenters. The third-order valence-electron chi connectivity index (χ3n) is 0. The smallest absolute Gasteiger partial charge is 0.394 e. The fraction of sp³-hybridized carbons (Fsp3) is 1.00. The number of aliphatic hydroxyl groups is 1. The van der Waals surface area contributed by atoms with Crippen molar-refractivity contribution >= 4 is 0 Å². The summed E-state index contributed by atoms with van der Waals surface area (Å²) in [6, 6.07) is 0. The first kappa shape index (κ1) is 16.0. The summed E-state index contributed by atoms with van der Waals surface area (Å²) in [4.78, 5) is 8.25. The Morgan fingerprint density at radius 3 is 1.44 bits per heavy atom. The quantitative estimate of drug-likeness (QED) is 0.364. The Morgan fingerprint density at radius 2 is 1.44 bits per heavy atom. The fourth-order valence-electron chi connectivity index (χ4n) is 0. The van der Waals surface area contributed by atoms with Crippen molar-refractivity contribution in [2.24, 2.45) is 0 Å². The predicted molar refractivity (Wildman–Crippen MR) is 27.7 cm³/mol. The van der Waals surface area contributed by atoms with E-state index >= 15 is 0 Å². The SMILES string of the molecule is CC(C)O.O=[N+]([O-])[O-].[Ag+]. The number of nitrogens with zero attached hydrogens (tertiary/aromatic N) is 1. The van der Waals surface area contributed by atoms with Gasteiger partial charge in [-0.3, -0.25) is 0 Å². The Kier molecular flexibility index (Phi) is 19.2. The zero-order valence-corrected chi connectivity index (χ0v) is 6.48. The second-order valence-electron chi connectivity index (χ2n) is 1.32. The molecule has 0 aliphatic rings. The number of rotatable bonds is 0. The van der Waals surface area contributed by atoms with Crippen LogP contribution in [0.15, 0.2) is 0 Å². The van der Waals surface area contributed by atoms with Crippen molar-refractivity contribution in [2.45, 2.75) is 20.0 Å². The molecule has 0 spiro atoms. The van der Waals surface area contributed by atoms with Crippen LogP contribution in [0.4, 0.5) is 0 Å². The molecule has 0 aliphatic heterocycles. The molecule has 5 nitrogen and oxygen atoms in total. The van der Waals surface area contributed by atoms with Crippen LogP contribution in [0.3, 0.4) is 0 Å². The van der Waals surface area contributed by atoms with E-state index in [9.17, 15) is 0 Å². The van der Waals surface area contributed by atoms with E-state index in [0.717, 1.165) is 0 Å². The summed E-state index contributed by atoms with van der Waals surface area (Å²) < 4.78 is 0. The molecule has 1 N–H and O–H groups in total. The van der Waals surface area contributed by atoms with Gasteiger partial charge >= 0.3 is 22.4 Å². The van der Waals surface area contributed by atoms with Gasteiger partial charge in [0.05, 0.1) is 5.09 Å². The number of aliphatic hydroxyl groups excluding tert-OH is 1. The zero-order valence-electron chi connectivity index (χ0n) is 5.00. The molecule has 0 fully saturated rings. The van der Waals surface area contributed by atoms with Gasteiger partial charge in [0.1, 0.15) is 0 Å². The van der Waals surface area contributed by atoms with Gasteiger partial charge in [0, 0.05) is 6.10 Å². The second-order valence-corrected chi connectivity index (χ2v) is 1.32. The van der Waals surface area contributed by atoms with Crippen LogP contribution >= 0.6 is 0 Å². The minimum absolute atomic E-state index is 0. The molecule has 0 aromatic carbocycles. The van der Waals surface area contributed by atoms with Crippen LogP contribution in [0.5, 0.6) is 0 Å². The molecule has 0 saturated carbocycles. The Balaban J connectivity index is -0.0000000720. The first-order valence-electron chi connectivity index (χ1n) is 1.96. The summed E-state index contributed by atoms with van der Waals surface area (Å²) in [6.45, 7) is 3.44. The summed E-state index contributed by atoms with van der Waals surface area (Å²) in [5.41, 5.74) is 0. The third kappa shape index (κ3) is 27600. The van der Waals surface area contributed by atoms with Crippen LogP contribution in [-0.2, 0) is 22.4 Å². The summed E-state index contributed by atoms with van der Waals surface area (Å²) >= 11 is 0. The van der Waals surface area contributed by atoms with E-state index in [1.807, 2.05) is 0 Å². The van der Waals surface area contributed by atoms with Crippen molar-refractivity contribution < 1.29 is 32.6 Å². The Morgan fingerprint density at radius 1 is 1.44 bits per heavy atom. The molecular weight excluding hydrogens is 222 g/mol. The van der Waals surface area contributed by atoms with Gasteiger partial charge in [-0.05, 0) is 13.8 Å². The second kappa shape index (κ2) is 10.8. The Bertz CT molecular complexity index is 60.1. The van der Waals surface area contributed by atoms with Gasteiger partial charge in [-0.2, -0.15) is 0 Å². The molecule has 0 bridgehead atoms. The molecule has 0 unspecified atom stereocenters. The molecule has 0 amide bonds. The van der Waals surface area contributed by atoms with E-state index in [2.05, 4.69) is 0 Å². The summed E-state index contributed by atoms with van der Waals surface area (Å²) in [5.74, 6) is 0. The summed E-state index contributed by atoms with van der Waals surface area (Å²) in [5, 5.41) is 22.8. The van der Waals surface area contributed by atoms with Gasteiger partial charge in [0.2, 0.25) is 0 Å². The molecule has 0 rings (SSSR count). The van der Waals surface area contributed by atoms with Crippen LogP contribution in [0, 0.1) is 15.3 Å². The Labute approximate surface area is 68.3 Å².